The van der Waals surface area contributed by atoms with Crippen molar-refractivity contribution in [2.75, 3.05) is 0 Å². The molecule has 0 spiro atoms. The molecule has 0 saturated heterocycles. The van der Waals surface area contributed by atoms with Gasteiger partial charge in [0.25, 0.3) is 0 Å². The maximum atomic E-state index is 11.7. The van der Waals surface area contributed by atoms with Gasteiger partial charge in [0.05, 0.1) is 12.6 Å². The molecule has 1 fully saturated rings. The van der Waals surface area contributed by atoms with E-state index in [2.05, 4.69) is 10.4 Å². The molecule has 0 radical (unpaired) electrons. The number of hydrogen-bond donors (Lipinski definition) is 2. The lowest BCUT2D eigenvalue weighted by atomic mass is 10.1. The van der Waals surface area contributed by atoms with E-state index in [1.807, 2.05) is 0 Å². The van der Waals surface area contributed by atoms with Gasteiger partial charge in [-0.15, -0.1) is 0 Å². The van der Waals surface area contributed by atoms with Crippen LogP contribution in [0.25, 0.3) is 0 Å². The molecule has 6 nitrogen and oxygen atoms in total. The molecule has 2 rings (SSSR count). The summed E-state index contributed by atoms with van der Waals surface area (Å²) in [6.07, 6.45) is 6.20. The average Bonchev–Trinajstić information content (AvgIpc) is 3.01. The predicted molar refractivity (Wildman–Crippen MR) is 63.8 cm³/mol. The van der Waals surface area contributed by atoms with Crippen LogP contribution in [0.3, 0.4) is 0 Å². The molecule has 1 aromatic heterocycles. The Bertz CT molecular complexity index is 451. The van der Waals surface area contributed by atoms with Crippen LogP contribution >= 0.6 is 0 Å². The number of hydrogen-bond acceptors (Lipinski definition) is 3. The number of carboxylic acid groups (broad SMARTS) is 1. The van der Waals surface area contributed by atoms with E-state index in [0.717, 1.165) is 18.4 Å². The van der Waals surface area contributed by atoms with Gasteiger partial charge in [0.2, 0.25) is 5.91 Å². The van der Waals surface area contributed by atoms with Gasteiger partial charge in [-0.2, -0.15) is 5.10 Å². The highest BCUT2D eigenvalue weighted by Crippen LogP contribution is 2.33. The van der Waals surface area contributed by atoms with Crippen molar-refractivity contribution < 1.29 is 14.7 Å². The summed E-state index contributed by atoms with van der Waals surface area (Å²) in [6, 6.07) is -0.762. The van der Waals surface area contributed by atoms with Crippen LogP contribution in [-0.2, 0) is 23.1 Å². The molecule has 1 aliphatic rings. The molecule has 2 N–H and O–H groups in total. The van der Waals surface area contributed by atoms with Crippen LogP contribution in [0.5, 0.6) is 0 Å². The van der Waals surface area contributed by atoms with Crippen molar-refractivity contribution in [3.05, 3.63) is 18.0 Å². The van der Waals surface area contributed by atoms with Gasteiger partial charge in [-0.3, -0.25) is 9.48 Å². The van der Waals surface area contributed by atoms with Crippen LogP contribution in [0.4, 0.5) is 0 Å². The third-order valence-corrected chi connectivity index (χ3v) is 3.02. The molecule has 1 saturated carbocycles. The molecule has 18 heavy (non-hydrogen) atoms. The molecule has 1 unspecified atom stereocenters. The number of rotatable bonds is 6. The topological polar surface area (TPSA) is 84.2 Å². The van der Waals surface area contributed by atoms with Crippen LogP contribution < -0.4 is 5.32 Å². The van der Waals surface area contributed by atoms with E-state index < -0.39 is 12.0 Å². The highest BCUT2D eigenvalue weighted by Gasteiger charge is 2.30. The smallest absolute Gasteiger partial charge is 0.326 e. The van der Waals surface area contributed by atoms with E-state index in [1.165, 1.54) is 0 Å². The van der Waals surface area contributed by atoms with Gasteiger partial charge in [-0.25, -0.2) is 4.79 Å². The lowest BCUT2D eigenvalue weighted by molar-refractivity contribution is -0.142. The minimum Gasteiger partial charge on any atom is -0.480 e. The normalized spacial score (nSPS) is 16.3. The Morgan fingerprint density at radius 2 is 2.33 bits per heavy atom. The van der Waals surface area contributed by atoms with E-state index in [1.54, 1.807) is 24.1 Å². The summed E-state index contributed by atoms with van der Waals surface area (Å²) in [6.45, 7) is 0. The molecule has 0 aliphatic heterocycles. The predicted octanol–water partition coefficient (Wildman–Crippen LogP) is 0.332. The van der Waals surface area contributed by atoms with E-state index >= 15 is 0 Å². The number of aromatic nitrogens is 2. The zero-order valence-electron chi connectivity index (χ0n) is 10.3. The third-order valence-electron chi connectivity index (χ3n) is 3.02. The summed E-state index contributed by atoms with van der Waals surface area (Å²) in [7, 11) is 1.77. The summed E-state index contributed by atoms with van der Waals surface area (Å²) in [5.74, 6) is -0.762. The van der Waals surface area contributed by atoms with E-state index in [4.69, 9.17) is 5.11 Å². The van der Waals surface area contributed by atoms with Crippen LogP contribution in [0.1, 0.15) is 24.8 Å². The summed E-state index contributed by atoms with van der Waals surface area (Å²) in [4.78, 5) is 22.8. The summed E-state index contributed by atoms with van der Waals surface area (Å²) < 4.78 is 1.61. The molecular weight excluding hydrogens is 234 g/mol. The molecule has 1 aliphatic carbocycles. The number of amides is 1. The second-order valence-corrected chi connectivity index (χ2v) is 4.84. The fourth-order valence-electron chi connectivity index (χ4n) is 1.90. The van der Waals surface area contributed by atoms with Crippen molar-refractivity contribution in [3.63, 3.8) is 0 Å². The molecule has 0 aromatic carbocycles. The standard InChI is InChI=1S/C12H17N3O3/c1-15-7-9(6-13-15)5-11(16)14-10(12(17)18)4-8-2-3-8/h6-8,10H,2-5H2,1H3,(H,14,16)(H,17,18). The van der Waals surface area contributed by atoms with Gasteiger partial charge in [0.1, 0.15) is 6.04 Å². The van der Waals surface area contributed by atoms with E-state index in [9.17, 15) is 9.59 Å². The van der Waals surface area contributed by atoms with E-state index in [-0.39, 0.29) is 12.3 Å². The van der Waals surface area contributed by atoms with Gasteiger partial charge in [0.15, 0.2) is 0 Å². The maximum absolute atomic E-state index is 11.7. The Balaban J connectivity index is 1.85. The first-order chi connectivity index (χ1) is 8.54. The molecule has 1 aromatic rings. The monoisotopic (exact) mass is 251 g/mol. The molecule has 98 valence electrons. The number of aryl methyl sites for hydroxylation is 1. The van der Waals surface area contributed by atoms with Crippen molar-refractivity contribution >= 4 is 11.9 Å². The molecule has 6 heteroatoms. The zero-order chi connectivity index (χ0) is 13.1. The molecular formula is C12H17N3O3. The lowest BCUT2D eigenvalue weighted by Crippen LogP contribution is -2.41. The highest BCUT2D eigenvalue weighted by atomic mass is 16.4. The van der Waals surface area contributed by atoms with Crippen molar-refractivity contribution in [2.24, 2.45) is 13.0 Å². The lowest BCUT2D eigenvalue weighted by Gasteiger charge is -2.13. The molecule has 1 amide bonds. The minimum atomic E-state index is -0.957. The van der Waals surface area contributed by atoms with Crippen LogP contribution in [0.2, 0.25) is 0 Å². The SMILES string of the molecule is Cn1cc(CC(=O)NC(CC2CC2)C(=O)O)cn1. The fraction of sp³-hybridized carbons (Fsp3) is 0.583. The number of carbonyl (C=O) groups excluding carboxylic acids is 1. The van der Waals surface area contributed by atoms with Crippen LogP contribution in [-0.4, -0.2) is 32.8 Å². The number of carbonyl (C=O) groups is 2. The summed E-state index contributed by atoms with van der Waals surface area (Å²) >= 11 is 0. The number of nitrogens with one attached hydrogen (secondary N) is 1. The second kappa shape index (κ2) is 5.20. The van der Waals surface area contributed by atoms with Gasteiger partial charge in [0, 0.05) is 13.2 Å². The van der Waals surface area contributed by atoms with Crippen molar-refractivity contribution in [3.8, 4) is 0 Å². The summed E-state index contributed by atoms with van der Waals surface area (Å²) in [5.41, 5.74) is 0.783. The van der Waals surface area contributed by atoms with Crippen LogP contribution in [0, 0.1) is 5.92 Å². The Morgan fingerprint density at radius 3 is 2.83 bits per heavy atom. The average molecular weight is 251 g/mol. The zero-order valence-corrected chi connectivity index (χ0v) is 10.3. The quantitative estimate of drug-likeness (QED) is 0.763. The van der Waals surface area contributed by atoms with Crippen molar-refractivity contribution in [2.45, 2.75) is 31.7 Å². The van der Waals surface area contributed by atoms with Crippen molar-refractivity contribution in [1.82, 2.24) is 15.1 Å². The van der Waals surface area contributed by atoms with Crippen molar-refractivity contribution in [1.29, 1.82) is 0 Å². The third kappa shape index (κ3) is 3.58. The largest absolute Gasteiger partial charge is 0.480 e. The van der Waals surface area contributed by atoms with Gasteiger partial charge in [-0.1, -0.05) is 12.8 Å². The Kier molecular flexibility index (Phi) is 3.64. The first-order valence-electron chi connectivity index (χ1n) is 6.04. The minimum absolute atomic E-state index is 0.169. The Morgan fingerprint density at radius 1 is 1.61 bits per heavy atom. The fourth-order valence-corrected chi connectivity index (χ4v) is 1.90. The second-order valence-electron chi connectivity index (χ2n) is 4.84. The number of carboxylic acids is 1. The first-order valence-corrected chi connectivity index (χ1v) is 6.04. The number of aliphatic carboxylic acids is 1. The molecule has 1 heterocycles. The van der Waals surface area contributed by atoms with Gasteiger partial charge < -0.3 is 10.4 Å². The first kappa shape index (κ1) is 12.6. The van der Waals surface area contributed by atoms with Gasteiger partial charge in [-0.05, 0) is 17.9 Å². The number of nitrogens with zero attached hydrogens (tertiary/aromatic N) is 2. The van der Waals surface area contributed by atoms with E-state index in [0.29, 0.717) is 12.3 Å². The highest BCUT2D eigenvalue weighted by molar-refractivity contribution is 5.84. The van der Waals surface area contributed by atoms with Crippen LogP contribution in [0.15, 0.2) is 12.4 Å². The molecule has 1 atom stereocenters. The molecule has 0 bridgehead atoms. The maximum Gasteiger partial charge on any atom is 0.326 e. The Labute approximate surface area is 105 Å². The summed E-state index contributed by atoms with van der Waals surface area (Å²) in [5, 5.41) is 15.6. The van der Waals surface area contributed by atoms with Gasteiger partial charge >= 0.3 is 5.97 Å². The Hall–Kier alpha value is -1.85.